The summed E-state index contributed by atoms with van der Waals surface area (Å²) in [4.78, 5) is 33.6. The fourth-order valence-corrected chi connectivity index (χ4v) is 4.81. The van der Waals surface area contributed by atoms with Gasteiger partial charge in [-0.25, -0.2) is 4.98 Å². The van der Waals surface area contributed by atoms with Crippen LogP contribution >= 0.6 is 0 Å². The Morgan fingerprint density at radius 3 is 2.58 bits per heavy atom. The fourth-order valence-electron chi connectivity index (χ4n) is 4.81. The lowest BCUT2D eigenvalue weighted by Crippen LogP contribution is -2.43. The van der Waals surface area contributed by atoms with E-state index >= 15 is 0 Å². The van der Waals surface area contributed by atoms with Crippen molar-refractivity contribution in [1.29, 1.82) is 0 Å². The molecule has 0 radical (unpaired) electrons. The molecule has 0 atom stereocenters. The number of aromatic nitrogens is 1. The van der Waals surface area contributed by atoms with Crippen LogP contribution in [0.4, 0.5) is 5.69 Å². The highest BCUT2D eigenvalue weighted by Gasteiger charge is 2.51. The molecule has 33 heavy (non-hydrogen) atoms. The summed E-state index contributed by atoms with van der Waals surface area (Å²) in [5.41, 5.74) is 13.2. The third-order valence-corrected chi connectivity index (χ3v) is 6.93. The third kappa shape index (κ3) is 3.65. The molecule has 1 spiro atoms. The number of anilines is 1. The Bertz CT molecular complexity index is 1280. The van der Waals surface area contributed by atoms with Crippen molar-refractivity contribution >= 4 is 17.5 Å². The van der Waals surface area contributed by atoms with Gasteiger partial charge < -0.3 is 15.5 Å². The molecule has 2 N–H and O–H groups in total. The zero-order valence-electron chi connectivity index (χ0n) is 19.3. The molecule has 6 nitrogen and oxygen atoms in total. The summed E-state index contributed by atoms with van der Waals surface area (Å²) in [6.07, 6.45) is 2.13. The molecular weight excluding hydrogens is 412 g/mol. The van der Waals surface area contributed by atoms with Crippen LogP contribution in [0, 0.1) is 6.92 Å². The largest absolute Gasteiger partial charge is 0.398 e. The number of fused-ring (bicyclic) bond motifs is 2. The van der Waals surface area contributed by atoms with Crippen LogP contribution in [0.15, 0.2) is 54.6 Å². The predicted molar refractivity (Wildman–Crippen MR) is 129 cm³/mol. The first-order valence-electron chi connectivity index (χ1n) is 11.3. The number of rotatable bonds is 4. The molecule has 1 aromatic heterocycles. The number of hydrogen-bond donors (Lipinski definition) is 1. The average molecular weight is 441 g/mol. The minimum Gasteiger partial charge on any atom is -0.398 e. The Labute approximate surface area is 194 Å². The molecule has 168 valence electrons. The number of nitrogen functional groups attached to an aromatic ring is 1. The van der Waals surface area contributed by atoms with E-state index < -0.39 is 0 Å². The highest BCUT2D eigenvalue weighted by molar-refractivity contribution is 5.98. The minimum atomic E-state index is -0.143. The number of carbonyl (C=O) groups is 2. The molecule has 1 saturated carbocycles. The highest BCUT2D eigenvalue weighted by atomic mass is 16.2. The number of hydrogen-bond acceptors (Lipinski definition) is 4. The second kappa shape index (κ2) is 7.73. The Balaban J connectivity index is 1.46. The van der Waals surface area contributed by atoms with Crippen molar-refractivity contribution in [2.45, 2.75) is 31.7 Å². The lowest BCUT2D eigenvalue weighted by Gasteiger charge is -2.35. The molecule has 1 aliphatic heterocycles. The van der Waals surface area contributed by atoms with Crippen molar-refractivity contribution < 1.29 is 9.59 Å². The first-order chi connectivity index (χ1) is 15.8. The van der Waals surface area contributed by atoms with Crippen LogP contribution in [-0.2, 0) is 12.0 Å². The van der Waals surface area contributed by atoms with Gasteiger partial charge >= 0.3 is 0 Å². The number of amides is 2. The van der Waals surface area contributed by atoms with Crippen molar-refractivity contribution in [2.24, 2.45) is 0 Å². The lowest BCUT2D eigenvalue weighted by atomic mass is 9.83. The van der Waals surface area contributed by atoms with E-state index in [1.165, 1.54) is 4.90 Å². The van der Waals surface area contributed by atoms with Crippen molar-refractivity contribution in [3.8, 4) is 11.1 Å². The predicted octanol–water partition coefficient (Wildman–Crippen LogP) is 4.03. The quantitative estimate of drug-likeness (QED) is 0.621. The van der Waals surface area contributed by atoms with E-state index in [4.69, 9.17) is 5.73 Å². The number of nitrogens with zero attached hydrogens (tertiary/aromatic N) is 3. The van der Waals surface area contributed by atoms with Gasteiger partial charge in [0.2, 0.25) is 0 Å². The summed E-state index contributed by atoms with van der Waals surface area (Å²) in [6.45, 7) is 3.10. The van der Waals surface area contributed by atoms with Gasteiger partial charge in [-0.1, -0.05) is 24.3 Å². The summed E-state index contributed by atoms with van der Waals surface area (Å²) in [7, 11) is 3.41. The molecule has 6 heteroatoms. The van der Waals surface area contributed by atoms with Gasteiger partial charge in [-0.3, -0.25) is 9.59 Å². The normalized spacial score (nSPS) is 16.0. The molecule has 0 bridgehead atoms. The fraction of sp³-hybridized carbons (Fsp3) is 0.296. The maximum Gasteiger partial charge on any atom is 0.271 e. The molecule has 2 aliphatic rings. The number of benzene rings is 2. The van der Waals surface area contributed by atoms with E-state index in [1.54, 1.807) is 20.2 Å². The summed E-state index contributed by atoms with van der Waals surface area (Å²) >= 11 is 0. The van der Waals surface area contributed by atoms with Crippen LogP contribution in [0.1, 0.15) is 50.5 Å². The molecule has 1 aliphatic carbocycles. The van der Waals surface area contributed by atoms with Gasteiger partial charge in [-0.2, -0.15) is 0 Å². The van der Waals surface area contributed by atoms with Gasteiger partial charge in [0.15, 0.2) is 0 Å². The Morgan fingerprint density at radius 1 is 1.09 bits per heavy atom. The van der Waals surface area contributed by atoms with Crippen molar-refractivity contribution in [3.63, 3.8) is 0 Å². The third-order valence-electron chi connectivity index (χ3n) is 6.93. The van der Waals surface area contributed by atoms with Crippen LogP contribution in [-0.4, -0.2) is 47.2 Å². The van der Waals surface area contributed by atoms with Crippen molar-refractivity contribution in [1.82, 2.24) is 14.8 Å². The monoisotopic (exact) mass is 440 g/mol. The molecule has 2 amide bonds. The van der Waals surface area contributed by atoms with E-state index in [2.05, 4.69) is 17.1 Å². The van der Waals surface area contributed by atoms with Crippen LogP contribution < -0.4 is 5.73 Å². The van der Waals surface area contributed by atoms with Gasteiger partial charge in [0, 0.05) is 37.3 Å². The van der Waals surface area contributed by atoms with Crippen molar-refractivity contribution in [3.05, 3.63) is 82.7 Å². The molecule has 2 aromatic carbocycles. The van der Waals surface area contributed by atoms with Gasteiger partial charge in [0.05, 0.1) is 12.2 Å². The standard InChI is InChI=1S/C27H28N4O2/c1-17-20(7-5-8-23(17)28)18-10-11-21-22(14-18)27(12-13-27)16-31(25(21)32)15-19-6-4-9-24(29-19)26(33)30(2)3/h4-11,14H,12-13,15-16,28H2,1-3H3. The second-order valence-electron chi connectivity index (χ2n) is 9.44. The number of nitrogens with two attached hydrogens (primary N) is 1. The maximum atomic E-state index is 13.4. The second-order valence-corrected chi connectivity index (χ2v) is 9.44. The van der Waals surface area contributed by atoms with E-state index in [1.807, 2.05) is 48.2 Å². The van der Waals surface area contributed by atoms with Crippen molar-refractivity contribution in [2.75, 3.05) is 26.4 Å². The molecule has 1 fully saturated rings. The van der Waals surface area contributed by atoms with E-state index in [9.17, 15) is 9.59 Å². The zero-order valence-corrected chi connectivity index (χ0v) is 19.3. The van der Waals surface area contributed by atoms with Crippen LogP contribution in [0.25, 0.3) is 11.1 Å². The Kier molecular flexibility index (Phi) is 4.96. The van der Waals surface area contributed by atoms with Crippen LogP contribution in [0.5, 0.6) is 0 Å². The molecule has 5 rings (SSSR count). The first-order valence-corrected chi connectivity index (χ1v) is 11.3. The van der Waals surface area contributed by atoms with Gasteiger partial charge in [0.1, 0.15) is 5.69 Å². The zero-order chi connectivity index (χ0) is 23.3. The molecule has 0 saturated heterocycles. The van der Waals surface area contributed by atoms with Gasteiger partial charge in [-0.05, 0) is 72.4 Å². The average Bonchev–Trinajstić information content (AvgIpc) is 3.58. The summed E-state index contributed by atoms with van der Waals surface area (Å²) < 4.78 is 0. The number of carbonyl (C=O) groups excluding carboxylic acids is 2. The SMILES string of the molecule is Cc1c(N)cccc1-c1ccc2c(c1)C1(CC1)CN(Cc1cccc(C(=O)N(C)C)n1)C2=O. The van der Waals surface area contributed by atoms with E-state index in [0.29, 0.717) is 18.8 Å². The molecule has 3 aromatic rings. The molecule has 0 unspecified atom stereocenters. The lowest BCUT2D eigenvalue weighted by molar-refractivity contribution is 0.0696. The molecular formula is C27H28N4O2. The summed E-state index contributed by atoms with van der Waals surface area (Å²) in [5.74, 6) is -0.125. The molecule has 2 heterocycles. The maximum absolute atomic E-state index is 13.4. The smallest absolute Gasteiger partial charge is 0.271 e. The Morgan fingerprint density at radius 2 is 1.85 bits per heavy atom. The van der Waals surface area contributed by atoms with Gasteiger partial charge in [0.25, 0.3) is 11.8 Å². The van der Waals surface area contributed by atoms with Crippen LogP contribution in [0.3, 0.4) is 0 Å². The number of pyridine rings is 1. The van der Waals surface area contributed by atoms with E-state index in [0.717, 1.165) is 52.0 Å². The topological polar surface area (TPSA) is 79.5 Å². The summed E-state index contributed by atoms with van der Waals surface area (Å²) in [5, 5.41) is 0. The first kappa shape index (κ1) is 21.2. The highest BCUT2D eigenvalue weighted by Crippen LogP contribution is 2.53. The minimum absolute atomic E-state index is 0.00451. The van der Waals surface area contributed by atoms with Crippen LogP contribution in [0.2, 0.25) is 0 Å². The van der Waals surface area contributed by atoms with E-state index in [-0.39, 0.29) is 17.2 Å². The summed E-state index contributed by atoms with van der Waals surface area (Å²) in [6, 6.07) is 17.5. The Hall–Kier alpha value is -3.67. The van der Waals surface area contributed by atoms with Gasteiger partial charge in [-0.15, -0.1) is 0 Å².